The summed E-state index contributed by atoms with van der Waals surface area (Å²) < 4.78 is 23.1. The highest BCUT2D eigenvalue weighted by Crippen LogP contribution is 2.29. The number of benzene rings is 1. The fourth-order valence-corrected chi connectivity index (χ4v) is 3.16. The molecule has 0 heterocycles. The van der Waals surface area contributed by atoms with Gasteiger partial charge in [0.1, 0.15) is 0 Å². The zero-order chi connectivity index (χ0) is 10.9. The first-order chi connectivity index (χ1) is 6.38. The Hall–Kier alpha value is -0.390. The van der Waals surface area contributed by atoms with E-state index < -0.39 is 9.84 Å². The molecule has 0 amide bonds. The minimum atomic E-state index is -3.49. The van der Waals surface area contributed by atoms with E-state index in [4.69, 9.17) is 11.6 Å². The topological polar surface area (TPSA) is 51.2 Å². The van der Waals surface area contributed by atoms with Crippen LogP contribution in [0.3, 0.4) is 0 Å². The Morgan fingerprint density at radius 2 is 2.00 bits per heavy atom. The van der Waals surface area contributed by atoms with Crippen molar-refractivity contribution in [2.24, 2.45) is 0 Å². The molecule has 0 aromatic heterocycles. The lowest BCUT2D eigenvalue weighted by molar-refractivity contribution is 0.112. The molecule has 14 heavy (non-hydrogen) atoms. The molecule has 0 saturated heterocycles. The summed E-state index contributed by atoms with van der Waals surface area (Å²) >= 11 is 8.79. The second kappa shape index (κ2) is 4.00. The van der Waals surface area contributed by atoms with Gasteiger partial charge >= 0.3 is 0 Å². The number of sulfone groups is 1. The summed E-state index contributed by atoms with van der Waals surface area (Å²) in [6.45, 7) is 0. The third-order valence-corrected chi connectivity index (χ3v) is 3.88. The third-order valence-electron chi connectivity index (χ3n) is 1.58. The Morgan fingerprint density at radius 3 is 2.36 bits per heavy atom. The average molecular weight is 298 g/mol. The van der Waals surface area contributed by atoms with Crippen molar-refractivity contribution in [3.63, 3.8) is 0 Å². The van der Waals surface area contributed by atoms with Crippen LogP contribution in [0, 0.1) is 0 Å². The lowest BCUT2D eigenvalue weighted by Crippen LogP contribution is -2.03. The van der Waals surface area contributed by atoms with Crippen LogP contribution in [-0.4, -0.2) is 21.0 Å². The molecule has 1 aromatic rings. The van der Waals surface area contributed by atoms with Crippen LogP contribution in [0.25, 0.3) is 0 Å². The molecule has 0 saturated carbocycles. The van der Waals surface area contributed by atoms with Crippen molar-refractivity contribution >= 4 is 43.7 Å². The van der Waals surface area contributed by atoms with Crippen LogP contribution in [0.4, 0.5) is 0 Å². The van der Waals surface area contributed by atoms with E-state index >= 15 is 0 Å². The number of carbonyl (C=O) groups excluding carboxylic acids is 1. The predicted octanol–water partition coefficient (Wildman–Crippen LogP) is 2.32. The van der Waals surface area contributed by atoms with E-state index in [1.807, 2.05) is 0 Å². The minimum Gasteiger partial charge on any atom is -0.298 e. The Morgan fingerprint density at radius 1 is 1.43 bits per heavy atom. The van der Waals surface area contributed by atoms with Gasteiger partial charge in [-0.1, -0.05) is 27.5 Å². The molecule has 76 valence electrons. The molecule has 6 heteroatoms. The maximum Gasteiger partial charge on any atom is 0.177 e. The Kier molecular flexibility index (Phi) is 3.34. The summed E-state index contributed by atoms with van der Waals surface area (Å²) in [7, 11) is -3.49. The van der Waals surface area contributed by atoms with E-state index in [2.05, 4.69) is 15.9 Å². The molecule has 0 atom stereocenters. The van der Waals surface area contributed by atoms with Crippen LogP contribution in [0.15, 0.2) is 21.5 Å². The molecule has 0 radical (unpaired) electrons. The summed E-state index contributed by atoms with van der Waals surface area (Å²) in [6, 6.07) is 2.95. The second-order valence-electron chi connectivity index (χ2n) is 2.66. The summed E-state index contributed by atoms with van der Waals surface area (Å²) in [4.78, 5) is 10.6. The van der Waals surface area contributed by atoms with E-state index in [-0.39, 0.29) is 15.5 Å². The predicted molar refractivity (Wildman–Crippen MR) is 57.6 cm³/mol. The van der Waals surface area contributed by atoms with Crippen LogP contribution in [0.2, 0.25) is 5.02 Å². The average Bonchev–Trinajstić information content (AvgIpc) is 2.06. The first-order valence-electron chi connectivity index (χ1n) is 3.51. The standard InChI is InChI=1S/C8H6BrClO3S/c1-14(12,13)8-5(4-11)6(9)2-3-7(8)10/h2-4H,1H3. The molecule has 0 aliphatic carbocycles. The molecule has 0 spiro atoms. The molecule has 3 nitrogen and oxygen atoms in total. The quantitative estimate of drug-likeness (QED) is 0.787. The van der Waals surface area contributed by atoms with Crippen molar-refractivity contribution in [2.45, 2.75) is 4.90 Å². The molecule has 0 N–H and O–H groups in total. The van der Waals surface area contributed by atoms with Crippen molar-refractivity contribution in [1.82, 2.24) is 0 Å². The van der Waals surface area contributed by atoms with Gasteiger partial charge < -0.3 is 0 Å². The molecule has 0 bridgehead atoms. The van der Waals surface area contributed by atoms with Crippen molar-refractivity contribution < 1.29 is 13.2 Å². The van der Waals surface area contributed by atoms with Crippen LogP contribution in [0.1, 0.15) is 10.4 Å². The highest BCUT2D eigenvalue weighted by atomic mass is 79.9. The van der Waals surface area contributed by atoms with Gasteiger partial charge in [-0.05, 0) is 12.1 Å². The Bertz CT molecular complexity index is 482. The fraction of sp³-hybridized carbons (Fsp3) is 0.125. The van der Waals surface area contributed by atoms with Gasteiger partial charge in [-0.15, -0.1) is 0 Å². The van der Waals surface area contributed by atoms with E-state index in [1.54, 1.807) is 0 Å². The number of hydrogen-bond donors (Lipinski definition) is 0. The number of rotatable bonds is 2. The molecule has 0 unspecified atom stereocenters. The first-order valence-corrected chi connectivity index (χ1v) is 6.57. The lowest BCUT2D eigenvalue weighted by atomic mass is 10.2. The highest BCUT2D eigenvalue weighted by molar-refractivity contribution is 9.10. The number of carbonyl (C=O) groups is 1. The molecule has 1 aromatic carbocycles. The minimum absolute atomic E-state index is 0.0535. The van der Waals surface area contributed by atoms with Crippen LogP contribution < -0.4 is 0 Å². The summed E-state index contributed by atoms with van der Waals surface area (Å²) in [5.41, 5.74) is 0.0556. The monoisotopic (exact) mass is 296 g/mol. The SMILES string of the molecule is CS(=O)(=O)c1c(Cl)ccc(Br)c1C=O. The second-order valence-corrected chi connectivity index (χ2v) is 5.88. The van der Waals surface area contributed by atoms with Crippen LogP contribution in [-0.2, 0) is 9.84 Å². The number of aldehydes is 1. The van der Waals surface area contributed by atoms with Gasteiger partial charge in [-0.2, -0.15) is 0 Å². The molecular formula is C8H6BrClO3S. The first kappa shape index (κ1) is 11.7. The van der Waals surface area contributed by atoms with Gasteiger partial charge in [-0.25, -0.2) is 8.42 Å². The largest absolute Gasteiger partial charge is 0.298 e. The number of hydrogen-bond acceptors (Lipinski definition) is 3. The van der Waals surface area contributed by atoms with Crippen LogP contribution in [0.5, 0.6) is 0 Å². The maximum atomic E-state index is 11.3. The molecule has 0 aliphatic heterocycles. The third kappa shape index (κ3) is 2.16. The van der Waals surface area contributed by atoms with Crippen molar-refractivity contribution in [2.75, 3.05) is 6.26 Å². The normalized spacial score (nSPS) is 11.4. The van der Waals surface area contributed by atoms with E-state index in [1.165, 1.54) is 12.1 Å². The van der Waals surface area contributed by atoms with Gasteiger partial charge in [0, 0.05) is 16.3 Å². The van der Waals surface area contributed by atoms with Gasteiger partial charge in [-0.3, -0.25) is 4.79 Å². The number of halogens is 2. The van der Waals surface area contributed by atoms with E-state index in [9.17, 15) is 13.2 Å². The molecule has 0 fully saturated rings. The van der Waals surface area contributed by atoms with Crippen molar-refractivity contribution in [3.8, 4) is 0 Å². The fourth-order valence-electron chi connectivity index (χ4n) is 1.04. The summed E-state index contributed by atoms with van der Waals surface area (Å²) in [5, 5.41) is 0.0535. The van der Waals surface area contributed by atoms with Gasteiger partial charge in [0.15, 0.2) is 16.1 Å². The van der Waals surface area contributed by atoms with Gasteiger partial charge in [0.2, 0.25) is 0 Å². The Balaban J connectivity index is 3.71. The van der Waals surface area contributed by atoms with Gasteiger partial charge in [0.05, 0.1) is 9.92 Å². The highest BCUT2D eigenvalue weighted by Gasteiger charge is 2.19. The smallest absolute Gasteiger partial charge is 0.177 e. The molecule has 0 aliphatic rings. The van der Waals surface area contributed by atoms with Crippen LogP contribution >= 0.6 is 27.5 Å². The zero-order valence-electron chi connectivity index (χ0n) is 7.12. The summed E-state index contributed by atoms with van der Waals surface area (Å²) in [6.07, 6.45) is 1.47. The van der Waals surface area contributed by atoms with E-state index in [0.717, 1.165) is 6.26 Å². The maximum absolute atomic E-state index is 11.3. The Labute approximate surface area is 95.1 Å². The molecular weight excluding hydrogens is 292 g/mol. The molecule has 1 rings (SSSR count). The van der Waals surface area contributed by atoms with E-state index in [0.29, 0.717) is 10.8 Å². The lowest BCUT2D eigenvalue weighted by Gasteiger charge is -2.06. The van der Waals surface area contributed by atoms with Crippen molar-refractivity contribution in [3.05, 3.63) is 27.2 Å². The summed E-state index contributed by atoms with van der Waals surface area (Å²) in [5.74, 6) is 0. The van der Waals surface area contributed by atoms with Crippen molar-refractivity contribution in [1.29, 1.82) is 0 Å². The zero-order valence-corrected chi connectivity index (χ0v) is 10.3. The van der Waals surface area contributed by atoms with Gasteiger partial charge in [0.25, 0.3) is 0 Å².